The number of ether oxygens (including phenoxy) is 1. The van der Waals surface area contributed by atoms with Gasteiger partial charge in [0, 0.05) is 25.4 Å². The highest BCUT2D eigenvalue weighted by Gasteiger charge is 2.15. The van der Waals surface area contributed by atoms with E-state index in [4.69, 9.17) is 10.5 Å². The number of likely N-dealkylation sites (N-methyl/N-ethyl adjacent to an activating group) is 1. The molecule has 0 saturated heterocycles. The maximum Gasteiger partial charge on any atom is 0.337 e. The molecular formula is C13H20N2O3. The molecule has 0 radical (unpaired) electrons. The Labute approximate surface area is 107 Å². The van der Waals surface area contributed by atoms with Gasteiger partial charge in [-0.15, -0.1) is 0 Å². The molecule has 1 aromatic rings. The summed E-state index contributed by atoms with van der Waals surface area (Å²) in [6.45, 7) is 6.53. The fourth-order valence-corrected chi connectivity index (χ4v) is 1.77. The number of nitrogens with zero attached hydrogens (tertiary/aromatic N) is 1. The summed E-state index contributed by atoms with van der Waals surface area (Å²) in [7, 11) is 0. The van der Waals surface area contributed by atoms with Crippen LogP contribution in [0.5, 0.6) is 0 Å². The van der Waals surface area contributed by atoms with Crippen molar-refractivity contribution in [3.8, 4) is 0 Å². The minimum atomic E-state index is -0.966. The zero-order valence-corrected chi connectivity index (χ0v) is 10.8. The molecule has 3 N–H and O–H groups in total. The summed E-state index contributed by atoms with van der Waals surface area (Å²) < 4.78 is 5.30. The second kappa shape index (κ2) is 6.86. The quantitative estimate of drug-likeness (QED) is 0.572. The number of carbonyl (C=O) groups is 1. The third-order valence-corrected chi connectivity index (χ3v) is 2.68. The molecule has 5 heteroatoms. The van der Waals surface area contributed by atoms with Crippen molar-refractivity contribution >= 4 is 17.3 Å². The Morgan fingerprint density at radius 3 is 2.72 bits per heavy atom. The molecule has 0 aliphatic heterocycles. The number of carboxylic acid groups (broad SMARTS) is 1. The van der Waals surface area contributed by atoms with E-state index < -0.39 is 5.97 Å². The fraction of sp³-hybridized carbons (Fsp3) is 0.462. The Morgan fingerprint density at radius 2 is 2.17 bits per heavy atom. The molecule has 1 aromatic carbocycles. The maximum atomic E-state index is 11.2. The summed E-state index contributed by atoms with van der Waals surface area (Å²) in [4.78, 5) is 13.2. The molecule has 0 aliphatic carbocycles. The molecular weight excluding hydrogens is 232 g/mol. The second-order valence-electron chi connectivity index (χ2n) is 3.86. The Morgan fingerprint density at radius 1 is 1.44 bits per heavy atom. The SMILES string of the molecule is CCOCCN(CC)c1ccc(N)cc1C(=O)O. The first-order chi connectivity index (χ1) is 8.60. The number of aromatic carboxylic acids is 1. The first-order valence-electron chi connectivity index (χ1n) is 6.05. The number of nitrogens with two attached hydrogens (primary N) is 1. The van der Waals surface area contributed by atoms with Gasteiger partial charge in [0.05, 0.1) is 17.9 Å². The molecule has 0 aliphatic rings. The van der Waals surface area contributed by atoms with Crippen LogP contribution in [-0.2, 0) is 4.74 Å². The van der Waals surface area contributed by atoms with Crippen LogP contribution in [0.25, 0.3) is 0 Å². The lowest BCUT2D eigenvalue weighted by atomic mass is 10.1. The van der Waals surface area contributed by atoms with E-state index in [0.717, 1.165) is 6.54 Å². The van der Waals surface area contributed by atoms with Crippen LogP contribution in [0.4, 0.5) is 11.4 Å². The number of hydrogen-bond acceptors (Lipinski definition) is 4. The predicted molar refractivity (Wildman–Crippen MR) is 72.2 cm³/mol. The van der Waals surface area contributed by atoms with Gasteiger partial charge in [0.1, 0.15) is 0 Å². The van der Waals surface area contributed by atoms with Gasteiger partial charge in [0.15, 0.2) is 0 Å². The topological polar surface area (TPSA) is 75.8 Å². The second-order valence-corrected chi connectivity index (χ2v) is 3.86. The first-order valence-corrected chi connectivity index (χ1v) is 6.05. The van der Waals surface area contributed by atoms with Crippen LogP contribution in [0.3, 0.4) is 0 Å². The molecule has 0 heterocycles. The minimum absolute atomic E-state index is 0.230. The van der Waals surface area contributed by atoms with Crippen LogP contribution >= 0.6 is 0 Å². The summed E-state index contributed by atoms with van der Waals surface area (Å²) in [5.74, 6) is -0.966. The predicted octanol–water partition coefficient (Wildman–Crippen LogP) is 1.83. The fourth-order valence-electron chi connectivity index (χ4n) is 1.77. The van der Waals surface area contributed by atoms with Gasteiger partial charge in [-0.1, -0.05) is 0 Å². The molecule has 18 heavy (non-hydrogen) atoms. The molecule has 5 nitrogen and oxygen atoms in total. The van der Waals surface area contributed by atoms with Crippen molar-refractivity contribution in [1.29, 1.82) is 0 Å². The zero-order chi connectivity index (χ0) is 13.5. The van der Waals surface area contributed by atoms with Gasteiger partial charge in [0.2, 0.25) is 0 Å². The van der Waals surface area contributed by atoms with Crippen molar-refractivity contribution in [1.82, 2.24) is 0 Å². The van der Waals surface area contributed by atoms with Crippen molar-refractivity contribution < 1.29 is 14.6 Å². The van der Waals surface area contributed by atoms with Crippen LogP contribution in [0.15, 0.2) is 18.2 Å². The van der Waals surface area contributed by atoms with Gasteiger partial charge in [-0.2, -0.15) is 0 Å². The zero-order valence-electron chi connectivity index (χ0n) is 10.8. The number of carboxylic acids is 1. The van der Waals surface area contributed by atoms with Crippen molar-refractivity contribution in [3.05, 3.63) is 23.8 Å². The van der Waals surface area contributed by atoms with Crippen LogP contribution < -0.4 is 10.6 Å². The van der Waals surface area contributed by atoms with Crippen LogP contribution in [0, 0.1) is 0 Å². The Bertz CT molecular complexity index is 407. The average Bonchev–Trinajstić information content (AvgIpc) is 2.35. The minimum Gasteiger partial charge on any atom is -0.478 e. The van der Waals surface area contributed by atoms with E-state index >= 15 is 0 Å². The molecule has 0 bridgehead atoms. The van der Waals surface area contributed by atoms with Gasteiger partial charge in [-0.25, -0.2) is 4.79 Å². The first kappa shape index (κ1) is 14.3. The van der Waals surface area contributed by atoms with Crippen molar-refractivity contribution in [2.24, 2.45) is 0 Å². The highest BCUT2D eigenvalue weighted by molar-refractivity contribution is 5.95. The lowest BCUT2D eigenvalue weighted by molar-refractivity contribution is 0.0697. The molecule has 0 atom stereocenters. The molecule has 0 amide bonds. The molecule has 100 valence electrons. The standard InChI is InChI=1S/C13H20N2O3/c1-3-15(7-8-18-4-2)12-6-5-10(14)9-11(12)13(16)17/h5-6,9H,3-4,7-8,14H2,1-2H3,(H,16,17). The van der Waals surface area contributed by atoms with E-state index in [1.807, 2.05) is 18.7 Å². The normalized spacial score (nSPS) is 10.3. The summed E-state index contributed by atoms with van der Waals surface area (Å²) in [5, 5.41) is 9.19. The smallest absolute Gasteiger partial charge is 0.337 e. The van der Waals surface area contributed by atoms with E-state index in [1.165, 1.54) is 6.07 Å². The van der Waals surface area contributed by atoms with Gasteiger partial charge in [-0.05, 0) is 32.0 Å². The Hall–Kier alpha value is -1.75. The van der Waals surface area contributed by atoms with Crippen LogP contribution in [-0.4, -0.2) is 37.4 Å². The molecule has 0 spiro atoms. The van der Waals surface area contributed by atoms with Gasteiger partial charge in [-0.3, -0.25) is 0 Å². The van der Waals surface area contributed by atoms with Crippen LogP contribution in [0.2, 0.25) is 0 Å². The summed E-state index contributed by atoms with van der Waals surface area (Å²) in [6, 6.07) is 4.94. The maximum absolute atomic E-state index is 11.2. The van der Waals surface area contributed by atoms with Crippen molar-refractivity contribution in [3.63, 3.8) is 0 Å². The number of rotatable bonds is 7. The van der Waals surface area contributed by atoms with Crippen molar-refractivity contribution in [2.75, 3.05) is 36.9 Å². The highest BCUT2D eigenvalue weighted by atomic mass is 16.5. The van der Waals surface area contributed by atoms with E-state index in [9.17, 15) is 9.90 Å². The third kappa shape index (κ3) is 3.63. The molecule has 0 aromatic heterocycles. The molecule has 0 saturated carbocycles. The molecule has 1 rings (SSSR count). The van der Waals surface area contributed by atoms with E-state index in [0.29, 0.717) is 31.1 Å². The van der Waals surface area contributed by atoms with E-state index in [2.05, 4.69) is 0 Å². The number of hydrogen-bond donors (Lipinski definition) is 2. The summed E-state index contributed by atoms with van der Waals surface area (Å²) in [6.07, 6.45) is 0. The largest absolute Gasteiger partial charge is 0.478 e. The number of benzene rings is 1. The summed E-state index contributed by atoms with van der Waals surface area (Å²) >= 11 is 0. The monoisotopic (exact) mass is 252 g/mol. The lowest BCUT2D eigenvalue weighted by Gasteiger charge is -2.24. The highest BCUT2D eigenvalue weighted by Crippen LogP contribution is 2.23. The summed E-state index contributed by atoms with van der Waals surface area (Å²) in [5.41, 5.74) is 6.99. The number of nitrogen functional groups attached to an aromatic ring is 1. The average molecular weight is 252 g/mol. The molecule has 0 unspecified atom stereocenters. The third-order valence-electron chi connectivity index (χ3n) is 2.68. The van der Waals surface area contributed by atoms with Crippen molar-refractivity contribution in [2.45, 2.75) is 13.8 Å². The van der Waals surface area contributed by atoms with Gasteiger partial charge < -0.3 is 20.5 Å². The number of anilines is 2. The van der Waals surface area contributed by atoms with Crippen LogP contribution in [0.1, 0.15) is 24.2 Å². The Kier molecular flexibility index (Phi) is 5.45. The van der Waals surface area contributed by atoms with E-state index in [1.54, 1.807) is 12.1 Å². The Balaban J connectivity index is 2.93. The van der Waals surface area contributed by atoms with Gasteiger partial charge >= 0.3 is 5.97 Å². The lowest BCUT2D eigenvalue weighted by Crippen LogP contribution is -2.28. The molecule has 0 fully saturated rings. The van der Waals surface area contributed by atoms with E-state index in [-0.39, 0.29) is 5.56 Å². The van der Waals surface area contributed by atoms with Gasteiger partial charge in [0.25, 0.3) is 0 Å².